The standard InChI is InChI=1S/C7H5ClF3NOS2/c1-2-13-5(14)3-4(7(9,10)11)12-6(8)15-3/h2H2,1H3. The topological polar surface area (TPSA) is 22.1 Å². The quantitative estimate of drug-likeness (QED) is 0.771. The number of rotatable bonds is 2. The summed E-state index contributed by atoms with van der Waals surface area (Å²) in [4.78, 5) is 2.93. The average Bonchev–Trinajstić information content (AvgIpc) is 2.47. The normalized spacial score (nSPS) is 11.5. The molecule has 0 atom stereocenters. The molecule has 1 heterocycles. The largest absolute Gasteiger partial charge is 0.483 e. The number of ether oxygens (including phenoxy) is 1. The fourth-order valence-corrected chi connectivity index (χ4v) is 2.18. The molecule has 15 heavy (non-hydrogen) atoms. The number of alkyl halides is 3. The summed E-state index contributed by atoms with van der Waals surface area (Å²) in [6.45, 7) is 1.83. The summed E-state index contributed by atoms with van der Waals surface area (Å²) in [5.41, 5.74) is -1.09. The Hall–Kier alpha value is -0.400. The lowest BCUT2D eigenvalue weighted by atomic mass is 10.3. The van der Waals surface area contributed by atoms with E-state index in [1.54, 1.807) is 6.92 Å². The molecule has 8 heteroatoms. The minimum Gasteiger partial charge on any atom is -0.483 e. The van der Waals surface area contributed by atoms with E-state index in [1.807, 2.05) is 0 Å². The molecule has 0 N–H and O–H groups in total. The molecular weight excluding hydrogens is 271 g/mol. The van der Waals surface area contributed by atoms with E-state index in [0.717, 1.165) is 0 Å². The third-order valence-corrected chi connectivity index (χ3v) is 2.94. The van der Waals surface area contributed by atoms with Crippen LogP contribution in [0, 0.1) is 0 Å². The molecule has 0 saturated carbocycles. The number of aromatic nitrogens is 1. The Bertz CT molecular complexity index is 377. The van der Waals surface area contributed by atoms with Gasteiger partial charge in [0.2, 0.25) is 5.05 Å². The molecule has 0 aliphatic carbocycles. The molecule has 1 aromatic heterocycles. The average molecular weight is 276 g/mol. The highest BCUT2D eigenvalue weighted by atomic mass is 35.5. The Morgan fingerprint density at radius 2 is 2.20 bits per heavy atom. The van der Waals surface area contributed by atoms with Gasteiger partial charge < -0.3 is 4.74 Å². The van der Waals surface area contributed by atoms with E-state index in [-0.39, 0.29) is 21.0 Å². The highest BCUT2D eigenvalue weighted by Crippen LogP contribution is 2.36. The van der Waals surface area contributed by atoms with Gasteiger partial charge in [0.05, 0.1) is 6.61 Å². The zero-order valence-corrected chi connectivity index (χ0v) is 9.78. The van der Waals surface area contributed by atoms with Crippen molar-refractivity contribution in [2.24, 2.45) is 0 Å². The van der Waals surface area contributed by atoms with Gasteiger partial charge >= 0.3 is 6.18 Å². The Kier molecular flexibility index (Phi) is 3.91. The molecule has 1 rings (SSSR count). The molecule has 0 unspecified atom stereocenters. The Morgan fingerprint density at radius 3 is 2.67 bits per heavy atom. The van der Waals surface area contributed by atoms with E-state index in [0.29, 0.717) is 11.3 Å². The fraction of sp³-hybridized carbons (Fsp3) is 0.429. The van der Waals surface area contributed by atoms with Crippen LogP contribution >= 0.6 is 35.2 Å². The summed E-state index contributed by atoms with van der Waals surface area (Å²) < 4.78 is 41.9. The van der Waals surface area contributed by atoms with E-state index in [2.05, 4.69) is 17.2 Å². The molecule has 0 aliphatic rings. The smallest absolute Gasteiger partial charge is 0.435 e. The van der Waals surface area contributed by atoms with Crippen molar-refractivity contribution in [3.8, 4) is 0 Å². The van der Waals surface area contributed by atoms with Crippen molar-refractivity contribution in [3.05, 3.63) is 15.0 Å². The second-order valence-electron chi connectivity index (χ2n) is 2.36. The molecule has 1 aromatic rings. The van der Waals surface area contributed by atoms with Gasteiger partial charge in [0, 0.05) is 0 Å². The van der Waals surface area contributed by atoms with Crippen LogP contribution in [-0.4, -0.2) is 16.6 Å². The number of hydrogen-bond acceptors (Lipinski definition) is 4. The Morgan fingerprint density at radius 1 is 1.60 bits per heavy atom. The molecule has 0 aliphatic heterocycles. The predicted molar refractivity (Wildman–Crippen MR) is 55.5 cm³/mol. The van der Waals surface area contributed by atoms with Crippen LogP contribution in [0.5, 0.6) is 0 Å². The molecular formula is C7H5ClF3NOS2. The number of nitrogens with zero attached hydrogens (tertiary/aromatic N) is 1. The highest BCUT2D eigenvalue weighted by molar-refractivity contribution is 7.80. The molecule has 0 spiro atoms. The van der Waals surface area contributed by atoms with Crippen LogP contribution in [0.1, 0.15) is 17.5 Å². The number of thiocarbonyl (C=S) groups is 1. The molecule has 0 bridgehead atoms. The van der Waals surface area contributed by atoms with Crippen molar-refractivity contribution in [2.45, 2.75) is 13.1 Å². The van der Waals surface area contributed by atoms with E-state index in [4.69, 9.17) is 16.3 Å². The first kappa shape index (κ1) is 12.7. The van der Waals surface area contributed by atoms with Gasteiger partial charge in [-0.3, -0.25) is 0 Å². The molecule has 0 radical (unpaired) electrons. The maximum Gasteiger partial charge on any atom is 0.435 e. The monoisotopic (exact) mass is 275 g/mol. The minimum atomic E-state index is -4.57. The number of hydrogen-bond donors (Lipinski definition) is 0. The van der Waals surface area contributed by atoms with Crippen LogP contribution in [0.2, 0.25) is 4.47 Å². The zero-order chi connectivity index (χ0) is 11.6. The lowest BCUT2D eigenvalue weighted by molar-refractivity contribution is -0.140. The minimum absolute atomic E-state index is 0.200. The summed E-state index contributed by atoms with van der Waals surface area (Å²) in [6, 6.07) is 0. The van der Waals surface area contributed by atoms with Gasteiger partial charge in [-0.15, -0.1) is 0 Å². The maximum absolute atomic E-state index is 12.4. The van der Waals surface area contributed by atoms with Crippen LogP contribution in [0.3, 0.4) is 0 Å². The summed E-state index contributed by atoms with van der Waals surface area (Å²) in [5, 5.41) is -0.228. The van der Waals surface area contributed by atoms with Crippen molar-refractivity contribution < 1.29 is 17.9 Å². The number of halogens is 4. The molecule has 0 fully saturated rings. The predicted octanol–water partition coefficient (Wildman–Crippen LogP) is 3.53. The first-order valence-corrected chi connectivity index (χ1v) is 5.37. The van der Waals surface area contributed by atoms with Crippen molar-refractivity contribution in [1.29, 1.82) is 0 Å². The van der Waals surface area contributed by atoms with Gasteiger partial charge in [-0.25, -0.2) is 4.98 Å². The van der Waals surface area contributed by atoms with Gasteiger partial charge in [0.15, 0.2) is 10.2 Å². The second-order valence-corrected chi connectivity index (χ2v) is 4.31. The summed E-state index contributed by atoms with van der Waals surface area (Å²) in [5.74, 6) is 0. The lowest BCUT2D eigenvalue weighted by Gasteiger charge is -2.06. The van der Waals surface area contributed by atoms with Crippen molar-refractivity contribution in [1.82, 2.24) is 4.98 Å². The molecule has 84 valence electrons. The van der Waals surface area contributed by atoms with Crippen LogP contribution in [0.25, 0.3) is 0 Å². The second kappa shape index (κ2) is 4.63. The highest BCUT2D eigenvalue weighted by Gasteiger charge is 2.38. The first-order valence-electron chi connectivity index (χ1n) is 3.77. The first-order chi connectivity index (χ1) is 6.86. The van der Waals surface area contributed by atoms with Crippen molar-refractivity contribution in [3.63, 3.8) is 0 Å². The zero-order valence-electron chi connectivity index (χ0n) is 7.39. The van der Waals surface area contributed by atoms with E-state index < -0.39 is 11.9 Å². The van der Waals surface area contributed by atoms with E-state index >= 15 is 0 Å². The third-order valence-electron chi connectivity index (χ3n) is 1.33. The van der Waals surface area contributed by atoms with E-state index in [9.17, 15) is 13.2 Å². The maximum atomic E-state index is 12.4. The third kappa shape index (κ3) is 3.02. The molecule has 0 aromatic carbocycles. The fourth-order valence-electron chi connectivity index (χ4n) is 0.821. The van der Waals surface area contributed by atoms with Gasteiger partial charge in [-0.05, 0) is 19.1 Å². The van der Waals surface area contributed by atoms with Gasteiger partial charge in [-0.1, -0.05) is 22.9 Å². The van der Waals surface area contributed by atoms with E-state index in [1.165, 1.54) is 0 Å². The van der Waals surface area contributed by atoms with Crippen LogP contribution in [-0.2, 0) is 10.9 Å². The van der Waals surface area contributed by atoms with Crippen molar-refractivity contribution >= 4 is 40.2 Å². The molecule has 2 nitrogen and oxygen atoms in total. The molecule has 0 saturated heterocycles. The van der Waals surface area contributed by atoms with Crippen LogP contribution in [0.15, 0.2) is 0 Å². The van der Waals surface area contributed by atoms with Crippen LogP contribution < -0.4 is 0 Å². The lowest BCUT2D eigenvalue weighted by Crippen LogP contribution is -2.12. The number of thiazole rings is 1. The van der Waals surface area contributed by atoms with Crippen LogP contribution in [0.4, 0.5) is 13.2 Å². The molecule has 0 amide bonds. The van der Waals surface area contributed by atoms with Gasteiger partial charge in [0.25, 0.3) is 0 Å². The summed E-state index contributed by atoms with van der Waals surface area (Å²) >= 11 is 10.7. The summed E-state index contributed by atoms with van der Waals surface area (Å²) in [7, 11) is 0. The summed E-state index contributed by atoms with van der Waals surface area (Å²) in [6.07, 6.45) is -4.57. The van der Waals surface area contributed by atoms with Crippen molar-refractivity contribution in [2.75, 3.05) is 6.61 Å². The SMILES string of the molecule is CCOC(=S)c1sc(Cl)nc1C(F)(F)F. The Balaban J connectivity index is 3.12. The van der Waals surface area contributed by atoms with Gasteiger partial charge in [-0.2, -0.15) is 13.2 Å². The van der Waals surface area contributed by atoms with Gasteiger partial charge in [0.1, 0.15) is 4.88 Å². The Labute approximate surface area is 98.0 Å².